The van der Waals surface area contributed by atoms with Crippen LogP contribution < -0.4 is 10.6 Å². The Hall–Kier alpha value is -2.41. The Morgan fingerprint density at radius 3 is 2.90 bits per heavy atom. The highest BCUT2D eigenvalue weighted by atomic mass is 16.3. The molecule has 4 N–H and O–H groups in total. The van der Waals surface area contributed by atoms with Crippen molar-refractivity contribution in [1.82, 2.24) is 20.5 Å². The molecular formula is C14H19N5O2. The first-order chi connectivity index (χ1) is 10.1. The van der Waals surface area contributed by atoms with E-state index in [9.17, 15) is 9.90 Å². The minimum atomic E-state index is -0.654. The van der Waals surface area contributed by atoms with Gasteiger partial charge in [-0.15, -0.1) is 0 Å². The van der Waals surface area contributed by atoms with E-state index in [0.29, 0.717) is 23.5 Å². The van der Waals surface area contributed by atoms with Crippen LogP contribution >= 0.6 is 0 Å². The Morgan fingerprint density at radius 1 is 1.48 bits per heavy atom. The SMILES string of the molecule is CCC(C)(CO)NC(=O)Nc1cn[nH]c1-c1ccccn1. The molecule has 21 heavy (non-hydrogen) atoms. The lowest BCUT2D eigenvalue weighted by atomic mass is 10.0. The molecule has 0 radical (unpaired) electrons. The molecule has 0 aliphatic carbocycles. The van der Waals surface area contributed by atoms with Gasteiger partial charge < -0.3 is 15.7 Å². The van der Waals surface area contributed by atoms with Gasteiger partial charge >= 0.3 is 6.03 Å². The van der Waals surface area contributed by atoms with Gasteiger partial charge in [0.25, 0.3) is 0 Å². The summed E-state index contributed by atoms with van der Waals surface area (Å²) in [4.78, 5) is 16.2. The van der Waals surface area contributed by atoms with E-state index in [1.165, 1.54) is 6.20 Å². The highest BCUT2D eigenvalue weighted by Crippen LogP contribution is 2.23. The van der Waals surface area contributed by atoms with E-state index in [1.54, 1.807) is 13.1 Å². The molecule has 0 spiro atoms. The molecule has 2 aromatic rings. The zero-order chi connectivity index (χ0) is 15.3. The number of nitrogens with zero attached hydrogens (tertiary/aromatic N) is 2. The molecule has 2 aromatic heterocycles. The van der Waals surface area contributed by atoms with Crippen molar-refractivity contribution in [2.75, 3.05) is 11.9 Å². The van der Waals surface area contributed by atoms with Crippen molar-refractivity contribution >= 4 is 11.7 Å². The van der Waals surface area contributed by atoms with E-state index in [2.05, 4.69) is 25.8 Å². The number of rotatable bonds is 5. The maximum atomic E-state index is 12.0. The van der Waals surface area contributed by atoms with Crippen LogP contribution in [0.5, 0.6) is 0 Å². The van der Waals surface area contributed by atoms with Gasteiger partial charge in [-0.2, -0.15) is 5.10 Å². The van der Waals surface area contributed by atoms with Crippen LogP contribution in [0, 0.1) is 0 Å². The second-order valence-corrected chi connectivity index (χ2v) is 5.03. The van der Waals surface area contributed by atoms with Crippen LogP contribution in [-0.2, 0) is 0 Å². The summed E-state index contributed by atoms with van der Waals surface area (Å²) in [5.41, 5.74) is 1.19. The van der Waals surface area contributed by atoms with Gasteiger partial charge in [0.2, 0.25) is 0 Å². The fraction of sp³-hybridized carbons (Fsp3) is 0.357. The van der Waals surface area contributed by atoms with Crippen molar-refractivity contribution in [1.29, 1.82) is 0 Å². The monoisotopic (exact) mass is 289 g/mol. The molecule has 0 aliphatic rings. The lowest BCUT2D eigenvalue weighted by Gasteiger charge is -2.27. The summed E-state index contributed by atoms with van der Waals surface area (Å²) >= 11 is 0. The number of hydrogen-bond donors (Lipinski definition) is 4. The predicted octanol–water partition coefficient (Wildman–Crippen LogP) is 1.75. The van der Waals surface area contributed by atoms with E-state index in [0.717, 1.165) is 0 Å². The molecule has 1 atom stereocenters. The molecule has 0 fully saturated rings. The Kier molecular flexibility index (Phi) is 4.54. The molecule has 0 aromatic carbocycles. The van der Waals surface area contributed by atoms with E-state index < -0.39 is 11.6 Å². The highest BCUT2D eigenvalue weighted by molar-refractivity contribution is 5.93. The number of carbonyl (C=O) groups excluding carboxylic acids is 1. The number of H-pyrrole nitrogens is 1. The number of nitrogens with one attached hydrogen (secondary N) is 3. The van der Waals surface area contributed by atoms with E-state index in [4.69, 9.17) is 0 Å². The van der Waals surface area contributed by atoms with Crippen molar-refractivity contribution in [2.24, 2.45) is 0 Å². The molecule has 0 aliphatic heterocycles. The van der Waals surface area contributed by atoms with Crippen molar-refractivity contribution in [2.45, 2.75) is 25.8 Å². The zero-order valence-corrected chi connectivity index (χ0v) is 12.1. The molecule has 7 nitrogen and oxygen atoms in total. The zero-order valence-electron chi connectivity index (χ0n) is 12.1. The molecule has 0 saturated heterocycles. The van der Waals surface area contributed by atoms with Gasteiger partial charge in [0, 0.05) is 6.20 Å². The fourth-order valence-corrected chi connectivity index (χ4v) is 1.75. The summed E-state index contributed by atoms with van der Waals surface area (Å²) in [6.45, 7) is 3.55. The first-order valence-corrected chi connectivity index (χ1v) is 6.73. The quantitative estimate of drug-likeness (QED) is 0.673. The first kappa shape index (κ1) is 15.0. The third kappa shape index (κ3) is 3.57. The molecule has 0 saturated carbocycles. The molecule has 2 amide bonds. The number of amides is 2. The summed E-state index contributed by atoms with van der Waals surface area (Å²) in [6.07, 6.45) is 3.81. The minimum Gasteiger partial charge on any atom is -0.394 e. The Labute approximate surface area is 122 Å². The van der Waals surface area contributed by atoms with Crippen LogP contribution in [0.25, 0.3) is 11.4 Å². The van der Waals surface area contributed by atoms with Crippen molar-refractivity contribution < 1.29 is 9.90 Å². The second-order valence-electron chi connectivity index (χ2n) is 5.03. The van der Waals surface area contributed by atoms with Crippen molar-refractivity contribution in [3.63, 3.8) is 0 Å². The highest BCUT2D eigenvalue weighted by Gasteiger charge is 2.23. The Balaban J connectivity index is 2.11. The smallest absolute Gasteiger partial charge is 0.319 e. The molecular weight excluding hydrogens is 270 g/mol. The average molecular weight is 289 g/mol. The van der Waals surface area contributed by atoms with Crippen LogP contribution in [0.2, 0.25) is 0 Å². The average Bonchev–Trinajstić information content (AvgIpc) is 2.96. The van der Waals surface area contributed by atoms with E-state index in [-0.39, 0.29) is 6.61 Å². The third-order valence-corrected chi connectivity index (χ3v) is 3.35. The van der Waals surface area contributed by atoms with E-state index >= 15 is 0 Å². The Bertz CT molecular complexity index is 592. The largest absolute Gasteiger partial charge is 0.394 e. The van der Waals surface area contributed by atoms with Gasteiger partial charge in [-0.25, -0.2) is 4.79 Å². The summed E-state index contributed by atoms with van der Waals surface area (Å²) in [5.74, 6) is 0. The number of aliphatic hydroxyl groups is 1. The number of aromatic amines is 1. The normalized spacial score (nSPS) is 13.5. The Morgan fingerprint density at radius 2 is 2.29 bits per heavy atom. The van der Waals surface area contributed by atoms with Crippen LogP contribution in [-0.4, -0.2) is 38.5 Å². The third-order valence-electron chi connectivity index (χ3n) is 3.35. The van der Waals surface area contributed by atoms with Crippen LogP contribution in [0.3, 0.4) is 0 Å². The molecule has 1 unspecified atom stereocenters. The molecule has 7 heteroatoms. The number of pyridine rings is 1. The van der Waals surface area contributed by atoms with Crippen molar-refractivity contribution in [3.8, 4) is 11.4 Å². The lowest BCUT2D eigenvalue weighted by Crippen LogP contribution is -2.50. The lowest BCUT2D eigenvalue weighted by molar-refractivity contribution is 0.172. The van der Waals surface area contributed by atoms with E-state index in [1.807, 2.05) is 25.1 Å². The topological polar surface area (TPSA) is 103 Å². The van der Waals surface area contributed by atoms with Crippen LogP contribution in [0.1, 0.15) is 20.3 Å². The van der Waals surface area contributed by atoms with Gasteiger partial charge in [-0.3, -0.25) is 10.1 Å². The van der Waals surface area contributed by atoms with Gasteiger partial charge in [0.15, 0.2) is 0 Å². The number of aliphatic hydroxyl groups excluding tert-OH is 1. The standard InChI is InChI=1S/C14H19N5O2/c1-3-14(2,9-20)18-13(21)17-11-8-16-19-12(11)10-6-4-5-7-15-10/h4-8,20H,3,9H2,1-2H3,(H,16,19)(H2,17,18,21). The van der Waals surface area contributed by atoms with Gasteiger partial charge in [0.05, 0.1) is 29.7 Å². The number of hydrogen-bond acceptors (Lipinski definition) is 4. The molecule has 2 rings (SSSR count). The maximum absolute atomic E-state index is 12.0. The predicted molar refractivity (Wildman–Crippen MR) is 79.8 cm³/mol. The second kappa shape index (κ2) is 6.36. The molecule has 0 bridgehead atoms. The van der Waals surface area contributed by atoms with Crippen LogP contribution in [0.15, 0.2) is 30.6 Å². The summed E-state index contributed by atoms with van der Waals surface area (Å²) in [6, 6.07) is 5.09. The van der Waals surface area contributed by atoms with Crippen LogP contribution in [0.4, 0.5) is 10.5 Å². The number of carbonyl (C=O) groups is 1. The first-order valence-electron chi connectivity index (χ1n) is 6.73. The summed E-state index contributed by atoms with van der Waals surface area (Å²) in [5, 5.41) is 21.5. The number of anilines is 1. The van der Waals surface area contributed by atoms with Crippen molar-refractivity contribution in [3.05, 3.63) is 30.6 Å². The molecule has 2 heterocycles. The number of aromatic nitrogens is 3. The van der Waals surface area contributed by atoms with Gasteiger partial charge in [-0.05, 0) is 25.5 Å². The van der Waals surface area contributed by atoms with Gasteiger partial charge in [-0.1, -0.05) is 13.0 Å². The minimum absolute atomic E-state index is 0.130. The van der Waals surface area contributed by atoms with Gasteiger partial charge in [0.1, 0.15) is 5.69 Å². The summed E-state index contributed by atoms with van der Waals surface area (Å²) in [7, 11) is 0. The summed E-state index contributed by atoms with van der Waals surface area (Å²) < 4.78 is 0. The molecule has 112 valence electrons. The number of urea groups is 1. The fourth-order valence-electron chi connectivity index (χ4n) is 1.75. The maximum Gasteiger partial charge on any atom is 0.319 e.